The van der Waals surface area contributed by atoms with Gasteiger partial charge in [0, 0.05) is 10.8 Å². The molecule has 0 amide bonds. The van der Waals surface area contributed by atoms with E-state index < -0.39 is 5.60 Å². The minimum Gasteiger partial charge on any atom is -0.384 e. The van der Waals surface area contributed by atoms with Crippen molar-refractivity contribution in [2.75, 3.05) is 0 Å². The Morgan fingerprint density at radius 3 is 2.37 bits per heavy atom. The zero-order chi connectivity index (χ0) is 14.3. The molecule has 1 N–H and O–H groups in total. The molecule has 0 atom stereocenters. The van der Waals surface area contributed by atoms with E-state index in [2.05, 4.69) is 41.4 Å². The van der Waals surface area contributed by atoms with E-state index in [1.807, 2.05) is 0 Å². The summed E-state index contributed by atoms with van der Waals surface area (Å²) in [5.74, 6) is 0. The molecule has 0 fully saturated rings. The zero-order valence-corrected chi connectivity index (χ0v) is 12.8. The zero-order valence-electron chi connectivity index (χ0n) is 12.0. The number of aliphatic hydroxyl groups is 1. The lowest BCUT2D eigenvalue weighted by molar-refractivity contribution is 0.0737. The van der Waals surface area contributed by atoms with Crippen LogP contribution in [0, 0.1) is 0 Å². The molecule has 19 heavy (non-hydrogen) atoms. The Morgan fingerprint density at radius 1 is 1.21 bits per heavy atom. The first kappa shape index (κ1) is 14.1. The molecule has 0 aliphatic carbocycles. The van der Waals surface area contributed by atoms with Gasteiger partial charge in [0.1, 0.15) is 16.3 Å². The molecule has 104 valence electrons. The largest absolute Gasteiger partial charge is 0.384 e. The van der Waals surface area contributed by atoms with E-state index in [1.54, 1.807) is 36.1 Å². The molecule has 0 radical (unpaired) electrons. The van der Waals surface area contributed by atoms with Crippen LogP contribution in [-0.4, -0.2) is 25.1 Å². The van der Waals surface area contributed by atoms with Gasteiger partial charge < -0.3 is 5.11 Å². The summed E-state index contributed by atoms with van der Waals surface area (Å²) in [7, 11) is 0. The summed E-state index contributed by atoms with van der Waals surface area (Å²) in [4.78, 5) is 4.62. The average Bonchev–Trinajstić information content (AvgIpc) is 2.84. The van der Waals surface area contributed by atoms with Crippen molar-refractivity contribution >= 4 is 11.3 Å². The van der Waals surface area contributed by atoms with E-state index in [9.17, 15) is 5.11 Å². The molecular weight excluding hydrogens is 260 g/mol. The minimum absolute atomic E-state index is 0.0648. The molecule has 0 spiro atoms. The molecule has 2 aromatic rings. The van der Waals surface area contributed by atoms with E-state index in [4.69, 9.17) is 0 Å². The topological polar surface area (TPSA) is 63.8 Å². The van der Waals surface area contributed by atoms with Crippen LogP contribution < -0.4 is 0 Å². The predicted molar refractivity (Wildman–Crippen MR) is 75.2 cm³/mol. The van der Waals surface area contributed by atoms with E-state index >= 15 is 0 Å². The SMILES string of the molecule is CC(C)(C)c1csc(Cn2cc(C(C)(C)O)nn2)n1. The Hall–Kier alpha value is -1.27. The molecule has 0 aromatic carbocycles. The molecule has 5 nitrogen and oxygen atoms in total. The molecule has 2 heterocycles. The first-order valence-electron chi connectivity index (χ1n) is 6.24. The first-order valence-corrected chi connectivity index (χ1v) is 7.12. The van der Waals surface area contributed by atoms with Gasteiger partial charge in [-0.1, -0.05) is 26.0 Å². The lowest BCUT2D eigenvalue weighted by Gasteiger charge is -2.14. The van der Waals surface area contributed by atoms with Crippen LogP contribution in [0.25, 0.3) is 0 Å². The van der Waals surface area contributed by atoms with Crippen molar-refractivity contribution in [3.05, 3.63) is 28.0 Å². The van der Waals surface area contributed by atoms with Gasteiger partial charge in [-0.2, -0.15) is 0 Å². The van der Waals surface area contributed by atoms with Crippen molar-refractivity contribution in [2.45, 2.75) is 52.2 Å². The number of hydrogen-bond donors (Lipinski definition) is 1. The van der Waals surface area contributed by atoms with Gasteiger partial charge in [0.2, 0.25) is 0 Å². The van der Waals surface area contributed by atoms with Crippen LogP contribution in [0.5, 0.6) is 0 Å². The molecule has 2 aromatic heterocycles. The smallest absolute Gasteiger partial charge is 0.114 e. The maximum absolute atomic E-state index is 9.85. The molecular formula is C13H20N4OS. The lowest BCUT2D eigenvalue weighted by Crippen LogP contribution is -2.15. The number of hydrogen-bond acceptors (Lipinski definition) is 5. The Kier molecular flexibility index (Phi) is 3.49. The summed E-state index contributed by atoms with van der Waals surface area (Å²) >= 11 is 1.63. The van der Waals surface area contributed by atoms with Gasteiger partial charge >= 0.3 is 0 Å². The molecule has 2 rings (SSSR count). The minimum atomic E-state index is -0.961. The summed E-state index contributed by atoms with van der Waals surface area (Å²) in [6.45, 7) is 10.4. The Labute approximate surface area is 117 Å². The van der Waals surface area contributed by atoms with E-state index in [0.717, 1.165) is 10.7 Å². The molecule has 0 aliphatic heterocycles. The molecule has 0 aliphatic rings. The second-order valence-electron chi connectivity index (χ2n) is 6.24. The summed E-state index contributed by atoms with van der Waals surface area (Å²) in [6.07, 6.45) is 1.76. The number of nitrogens with zero attached hydrogens (tertiary/aromatic N) is 4. The van der Waals surface area contributed by atoms with Gasteiger partial charge in [0.05, 0.1) is 18.4 Å². The highest BCUT2D eigenvalue weighted by Crippen LogP contribution is 2.24. The normalized spacial score (nSPS) is 12.9. The fourth-order valence-corrected chi connectivity index (χ4v) is 2.53. The van der Waals surface area contributed by atoms with Crippen LogP contribution in [0.15, 0.2) is 11.6 Å². The van der Waals surface area contributed by atoms with Gasteiger partial charge in [-0.3, -0.25) is 0 Å². The van der Waals surface area contributed by atoms with Gasteiger partial charge in [0.15, 0.2) is 0 Å². The quantitative estimate of drug-likeness (QED) is 0.937. The average molecular weight is 280 g/mol. The standard InChI is InChI=1S/C13H20N4OS/c1-12(2,3)10-8-19-11(14-10)7-17-6-9(15-16-17)13(4,5)18/h6,8,18H,7H2,1-5H3. The van der Waals surface area contributed by atoms with E-state index in [0.29, 0.717) is 12.2 Å². The van der Waals surface area contributed by atoms with Crippen LogP contribution >= 0.6 is 11.3 Å². The highest BCUT2D eigenvalue weighted by molar-refractivity contribution is 7.09. The molecule has 6 heteroatoms. The van der Waals surface area contributed by atoms with Crippen molar-refractivity contribution < 1.29 is 5.11 Å². The predicted octanol–water partition coefficient (Wildman–Crippen LogP) is 2.31. The molecule has 0 bridgehead atoms. The van der Waals surface area contributed by atoms with Gasteiger partial charge in [0.25, 0.3) is 0 Å². The van der Waals surface area contributed by atoms with Crippen LogP contribution in [-0.2, 0) is 17.6 Å². The molecule has 0 unspecified atom stereocenters. The summed E-state index contributed by atoms with van der Waals surface area (Å²) in [5.41, 5.74) is 0.767. The van der Waals surface area contributed by atoms with Crippen molar-refractivity contribution in [2.24, 2.45) is 0 Å². The third-order valence-corrected chi connectivity index (χ3v) is 3.62. The Bertz CT molecular complexity index is 509. The second kappa shape index (κ2) is 4.68. The number of rotatable bonds is 3. The first-order chi connectivity index (χ1) is 8.66. The summed E-state index contributed by atoms with van der Waals surface area (Å²) in [6, 6.07) is 0. The maximum atomic E-state index is 9.85. The molecule has 0 saturated carbocycles. The van der Waals surface area contributed by atoms with E-state index in [1.165, 1.54) is 0 Å². The maximum Gasteiger partial charge on any atom is 0.114 e. The van der Waals surface area contributed by atoms with Crippen molar-refractivity contribution in [1.82, 2.24) is 20.0 Å². The van der Waals surface area contributed by atoms with Gasteiger partial charge in [-0.25, -0.2) is 9.67 Å². The van der Waals surface area contributed by atoms with Gasteiger partial charge in [-0.15, -0.1) is 16.4 Å². The monoisotopic (exact) mass is 280 g/mol. The van der Waals surface area contributed by atoms with Crippen molar-refractivity contribution in [3.63, 3.8) is 0 Å². The Morgan fingerprint density at radius 2 is 1.89 bits per heavy atom. The summed E-state index contributed by atoms with van der Waals surface area (Å²) < 4.78 is 1.71. The van der Waals surface area contributed by atoms with Crippen LogP contribution in [0.2, 0.25) is 0 Å². The fraction of sp³-hybridized carbons (Fsp3) is 0.615. The second-order valence-corrected chi connectivity index (χ2v) is 7.18. The highest BCUT2D eigenvalue weighted by atomic mass is 32.1. The highest BCUT2D eigenvalue weighted by Gasteiger charge is 2.21. The number of aromatic nitrogens is 4. The van der Waals surface area contributed by atoms with Crippen LogP contribution in [0.3, 0.4) is 0 Å². The third-order valence-electron chi connectivity index (χ3n) is 2.78. The summed E-state index contributed by atoms with van der Waals surface area (Å²) in [5, 5.41) is 20.9. The van der Waals surface area contributed by atoms with Crippen LogP contribution in [0.4, 0.5) is 0 Å². The van der Waals surface area contributed by atoms with Gasteiger partial charge in [-0.05, 0) is 13.8 Å². The molecule has 0 saturated heterocycles. The lowest BCUT2D eigenvalue weighted by atomic mass is 9.93. The third kappa shape index (κ3) is 3.39. The Balaban J connectivity index is 2.14. The number of thiazole rings is 1. The van der Waals surface area contributed by atoms with Crippen LogP contribution in [0.1, 0.15) is 51.0 Å². The van der Waals surface area contributed by atoms with Crippen molar-refractivity contribution in [1.29, 1.82) is 0 Å². The fourth-order valence-electron chi connectivity index (χ4n) is 1.52. The van der Waals surface area contributed by atoms with E-state index in [-0.39, 0.29) is 5.41 Å². The van der Waals surface area contributed by atoms with Crippen molar-refractivity contribution in [3.8, 4) is 0 Å².